The SMILES string of the molecule is Cc1ncsc1CCOCc1cc(C(=O)NN)ccc1F. The second-order valence-corrected chi connectivity index (χ2v) is 5.38. The van der Waals surface area contributed by atoms with Crippen molar-refractivity contribution in [1.29, 1.82) is 0 Å². The highest BCUT2D eigenvalue weighted by atomic mass is 32.1. The number of benzene rings is 1. The summed E-state index contributed by atoms with van der Waals surface area (Å²) in [6.07, 6.45) is 0.737. The normalized spacial score (nSPS) is 10.6. The molecule has 1 amide bonds. The standard InChI is InChI=1S/C14H16FN3O2S/c1-9-13(21-8-17-9)4-5-20-7-11-6-10(14(19)18-16)2-3-12(11)15/h2-3,6,8H,4-5,7,16H2,1H3,(H,18,19). The van der Waals surface area contributed by atoms with Crippen LogP contribution in [0.2, 0.25) is 0 Å². The summed E-state index contributed by atoms with van der Waals surface area (Å²) < 4.78 is 19.1. The average molecular weight is 309 g/mol. The largest absolute Gasteiger partial charge is 0.376 e. The highest BCUT2D eigenvalue weighted by molar-refractivity contribution is 7.09. The third kappa shape index (κ3) is 4.07. The molecule has 2 aromatic rings. The highest BCUT2D eigenvalue weighted by Crippen LogP contribution is 2.15. The fraction of sp³-hybridized carbons (Fsp3) is 0.286. The number of thiazole rings is 1. The van der Waals surface area contributed by atoms with Gasteiger partial charge in [0.15, 0.2) is 0 Å². The second-order valence-electron chi connectivity index (χ2n) is 4.44. The van der Waals surface area contributed by atoms with Gasteiger partial charge in [-0.25, -0.2) is 15.2 Å². The summed E-state index contributed by atoms with van der Waals surface area (Å²) in [6, 6.07) is 4.05. The molecule has 0 aliphatic rings. The lowest BCUT2D eigenvalue weighted by molar-refractivity contribution is 0.0952. The fourth-order valence-electron chi connectivity index (χ4n) is 1.82. The van der Waals surface area contributed by atoms with E-state index in [0.717, 1.165) is 17.0 Å². The Morgan fingerprint density at radius 3 is 3.00 bits per heavy atom. The van der Waals surface area contributed by atoms with Crippen LogP contribution < -0.4 is 11.3 Å². The van der Waals surface area contributed by atoms with Crippen LogP contribution >= 0.6 is 11.3 Å². The molecule has 3 N–H and O–H groups in total. The lowest BCUT2D eigenvalue weighted by Crippen LogP contribution is -2.30. The van der Waals surface area contributed by atoms with Crippen LogP contribution in [0.4, 0.5) is 4.39 Å². The van der Waals surface area contributed by atoms with Crippen LogP contribution in [-0.4, -0.2) is 17.5 Å². The molecule has 7 heteroatoms. The molecule has 1 aromatic heterocycles. The Hall–Kier alpha value is -1.83. The van der Waals surface area contributed by atoms with Crippen molar-refractivity contribution >= 4 is 17.2 Å². The van der Waals surface area contributed by atoms with Gasteiger partial charge in [-0.05, 0) is 25.1 Å². The first-order chi connectivity index (χ1) is 10.1. The van der Waals surface area contributed by atoms with Crippen molar-refractivity contribution < 1.29 is 13.9 Å². The van der Waals surface area contributed by atoms with Crippen molar-refractivity contribution in [2.24, 2.45) is 5.84 Å². The first-order valence-electron chi connectivity index (χ1n) is 6.38. The van der Waals surface area contributed by atoms with E-state index in [4.69, 9.17) is 10.6 Å². The van der Waals surface area contributed by atoms with Gasteiger partial charge in [-0.15, -0.1) is 11.3 Å². The Bertz CT molecular complexity index is 630. The van der Waals surface area contributed by atoms with E-state index in [1.54, 1.807) is 16.8 Å². The lowest BCUT2D eigenvalue weighted by Gasteiger charge is -2.07. The number of hydrogen-bond donors (Lipinski definition) is 2. The molecular formula is C14H16FN3O2S. The molecule has 0 unspecified atom stereocenters. The summed E-state index contributed by atoms with van der Waals surface area (Å²) in [7, 11) is 0. The van der Waals surface area contributed by atoms with Gasteiger partial charge in [-0.3, -0.25) is 10.2 Å². The number of carbonyl (C=O) groups excluding carboxylic acids is 1. The van der Waals surface area contributed by atoms with Gasteiger partial charge in [0.2, 0.25) is 0 Å². The van der Waals surface area contributed by atoms with E-state index in [1.807, 2.05) is 12.3 Å². The topological polar surface area (TPSA) is 77.2 Å². The van der Waals surface area contributed by atoms with E-state index in [9.17, 15) is 9.18 Å². The van der Waals surface area contributed by atoms with Crippen molar-refractivity contribution in [3.05, 3.63) is 51.2 Å². The van der Waals surface area contributed by atoms with Gasteiger partial charge in [0.25, 0.3) is 5.91 Å². The minimum absolute atomic E-state index is 0.107. The third-order valence-electron chi connectivity index (χ3n) is 3.01. The molecule has 0 saturated carbocycles. The number of carbonyl (C=O) groups is 1. The molecule has 0 fully saturated rings. The van der Waals surface area contributed by atoms with E-state index >= 15 is 0 Å². The van der Waals surface area contributed by atoms with Crippen LogP contribution in [0, 0.1) is 12.7 Å². The van der Waals surface area contributed by atoms with Crippen LogP contribution in [0.5, 0.6) is 0 Å². The smallest absolute Gasteiger partial charge is 0.265 e. The Balaban J connectivity index is 1.90. The number of aromatic nitrogens is 1. The minimum atomic E-state index is -0.462. The fourth-order valence-corrected chi connectivity index (χ4v) is 2.59. The van der Waals surface area contributed by atoms with Crippen molar-refractivity contribution in [3.63, 3.8) is 0 Å². The summed E-state index contributed by atoms with van der Waals surface area (Å²) in [6.45, 7) is 2.52. The molecule has 0 radical (unpaired) electrons. The zero-order chi connectivity index (χ0) is 15.2. The lowest BCUT2D eigenvalue weighted by atomic mass is 10.1. The van der Waals surface area contributed by atoms with Crippen LogP contribution in [0.15, 0.2) is 23.7 Å². The highest BCUT2D eigenvalue weighted by Gasteiger charge is 2.09. The molecule has 0 saturated heterocycles. The van der Waals surface area contributed by atoms with Crippen molar-refractivity contribution in [2.75, 3.05) is 6.61 Å². The summed E-state index contributed by atoms with van der Waals surface area (Å²) in [5.41, 5.74) is 5.43. The van der Waals surface area contributed by atoms with Crippen molar-refractivity contribution in [2.45, 2.75) is 20.0 Å². The van der Waals surface area contributed by atoms with Gasteiger partial charge >= 0.3 is 0 Å². The molecule has 112 valence electrons. The van der Waals surface area contributed by atoms with Crippen molar-refractivity contribution in [1.82, 2.24) is 10.4 Å². The monoisotopic (exact) mass is 309 g/mol. The number of ether oxygens (including phenoxy) is 1. The van der Waals surface area contributed by atoms with E-state index in [2.05, 4.69) is 4.98 Å². The Labute approximate surface area is 125 Å². The first kappa shape index (κ1) is 15.6. The van der Waals surface area contributed by atoms with Crippen molar-refractivity contribution in [3.8, 4) is 0 Å². The summed E-state index contributed by atoms with van der Waals surface area (Å²) >= 11 is 1.58. The van der Waals surface area contributed by atoms with Crippen LogP contribution in [0.25, 0.3) is 0 Å². The maximum Gasteiger partial charge on any atom is 0.265 e. The van der Waals surface area contributed by atoms with Crippen LogP contribution in [0.3, 0.4) is 0 Å². The molecule has 1 aromatic carbocycles. The van der Waals surface area contributed by atoms with Gasteiger partial charge in [-0.1, -0.05) is 0 Å². The molecular weight excluding hydrogens is 293 g/mol. The van der Waals surface area contributed by atoms with Gasteiger partial charge < -0.3 is 4.74 Å². The number of nitrogens with zero attached hydrogens (tertiary/aromatic N) is 1. The quantitative estimate of drug-likeness (QED) is 0.370. The number of nitrogens with two attached hydrogens (primary N) is 1. The number of amides is 1. The molecule has 0 aliphatic heterocycles. The number of halogens is 1. The molecule has 0 aliphatic carbocycles. The maximum absolute atomic E-state index is 13.7. The second kappa shape index (κ2) is 7.26. The van der Waals surface area contributed by atoms with Gasteiger partial charge in [-0.2, -0.15) is 0 Å². The molecule has 0 atom stereocenters. The van der Waals surface area contributed by atoms with Crippen LogP contribution in [0.1, 0.15) is 26.5 Å². The Kier molecular flexibility index (Phi) is 5.38. The molecule has 21 heavy (non-hydrogen) atoms. The molecule has 5 nitrogen and oxygen atoms in total. The number of nitrogen functional groups attached to an aromatic ring is 1. The summed E-state index contributed by atoms with van der Waals surface area (Å²) in [5, 5.41) is 0. The predicted octanol–water partition coefficient (Wildman–Crippen LogP) is 1.95. The number of rotatable bonds is 6. The number of hydrogen-bond acceptors (Lipinski definition) is 5. The van der Waals surface area contributed by atoms with Crippen LogP contribution in [-0.2, 0) is 17.8 Å². The summed E-state index contributed by atoms with van der Waals surface area (Å²) in [4.78, 5) is 16.7. The zero-order valence-electron chi connectivity index (χ0n) is 11.6. The molecule has 1 heterocycles. The van der Waals surface area contributed by atoms with E-state index in [1.165, 1.54) is 18.2 Å². The van der Waals surface area contributed by atoms with Gasteiger partial charge in [0.1, 0.15) is 5.82 Å². The minimum Gasteiger partial charge on any atom is -0.376 e. The number of aryl methyl sites for hydroxylation is 1. The first-order valence-corrected chi connectivity index (χ1v) is 7.26. The van der Waals surface area contributed by atoms with E-state index < -0.39 is 11.7 Å². The average Bonchev–Trinajstić information content (AvgIpc) is 2.90. The van der Waals surface area contributed by atoms with Gasteiger partial charge in [0, 0.05) is 22.4 Å². The third-order valence-corrected chi connectivity index (χ3v) is 4.01. The number of hydrazine groups is 1. The molecule has 2 rings (SSSR count). The van der Waals surface area contributed by atoms with E-state index in [0.29, 0.717) is 17.7 Å². The molecule has 0 bridgehead atoms. The Morgan fingerprint density at radius 1 is 1.52 bits per heavy atom. The zero-order valence-corrected chi connectivity index (χ0v) is 12.4. The summed E-state index contributed by atoms with van der Waals surface area (Å²) in [5.74, 6) is 4.19. The molecule has 0 spiro atoms. The van der Waals surface area contributed by atoms with E-state index in [-0.39, 0.29) is 6.61 Å². The maximum atomic E-state index is 13.7. The van der Waals surface area contributed by atoms with Gasteiger partial charge in [0.05, 0.1) is 24.4 Å². The predicted molar refractivity (Wildman–Crippen MR) is 78.3 cm³/mol. The number of nitrogens with one attached hydrogen (secondary N) is 1. The Morgan fingerprint density at radius 2 is 2.33 bits per heavy atom.